The average molecular weight is 263 g/mol. The molecule has 0 aromatic carbocycles. The number of carbonyl (C=O) groups is 1. The first-order valence-corrected chi connectivity index (χ1v) is 7.24. The minimum atomic E-state index is 0.0201. The Bertz CT molecular complexity index is 379. The average Bonchev–Trinajstić information content (AvgIpc) is 2.37. The molecule has 1 heterocycles. The molecule has 0 atom stereocenters. The van der Waals surface area contributed by atoms with Gasteiger partial charge in [0.05, 0.1) is 0 Å². The van der Waals surface area contributed by atoms with Crippen LogP contribution in [0.25, 0.3) is 0 Å². The van der Waals surface area contributed by atoms with Crippen LogP contribution >= 0.6 is 0 Å². The second-order valence-corrected chi connectivity index (χ2v) is 4.87. The minimum Gasteiger partial charge on any atom is -0.384 e. The van der Waals surface area contributed by atoms with Crippen molar-refractivity contribution < 1.29 is 4.79 Å². The van der Waals surface area contributed by atoms with Gasteiger partial charge in [-0.15, -0.1) is 0 Å². The molecule has 1 aromatic rings. The summed E-state index contributed by atoms with van der Waals surface area (Å²) in [5, 5.41) is 2.76. The Hall–Kier alpha value is -1.58. The van der Waals surface area contributed by atoms with Gasteiger partial charge in [0.15, 0.2) is 0 Å². The highest BCUT2D eigenvalue weighted by Crippen LogP contribution is 2.10. The lowest BCUT2D eigenvalue weighted by Crippen LogP contribution is -2.12. The van der Waals surface area contributed by atoms with E-state index < -0.39 is 0 Å². The minimum absolute atomic E-state index is 0.0201. The highest BCUT2D eigenvalue weighted by atomic mass is 16.1. The third-order valence-electron chi connectivity index (χ3n) is 3.05. The number of anilines is 2. The van der Waals surface area contributed by atoms with E-state index in [0.29, 0.717) is 18.1 Å². The Morgan fingerprint density at radius 1 is 1.16 bits per heavy atom. The van der Waals surface area contributed by atoms with E-state index in [-0.39, 0.29) is 5.91 Å². The molecule has 0 spiro atoms. The summed E-state index contributed by atoms with van der Waals surface area (Å²) < 4.78 is 0. The number of amides is 1. The van der Waals surface area contributed by atoms with Crippen LogP contribution in [0.5, 0.6) is 0 Å². The largest absolute Gasteiger partial charge is 0.384 e. The van der Waals surface area contributed by atoms with E-state index in [9.17, 15) is 4.79 Å². The molecule has 4 nitrogen and oxygen atoms in total. The van der Waals surface area contributed by atoms with Crippen LogP contribution in [0, 0.1) is 0 Å². The van der Waals surface area contributed by atoms with E-state index in [4.69, 9.17) is 5.73 Å². The summed E-state index contributed by atoms with van der Waals surface area (Å²) in [5.41, 5.74) is 5.55. The summed E-state index contributed by atoms with van der Waals surface area (Å²) in [7, 11) is 0. The predicted molar refractivity (Wildman–Crippen MR) is 79.9 cm³/mol. The lowest BCUT2D eigenvalue weighted by atomic mass is 10.1. The number of nitrogen functional groups attached to an aromatic ring is 1. The van der Waals surface area contributed by atoms with Gasteiger partial charge in [-0.2, -0.15) is 0 Å². The molecule has 4 heteroatoms. The lowest BCUT2D eigenvalue weighted by Gasteiger charge is -2.05. The van der Waals surface area contributed by atoms with Gasteiger partial charge in [0, 0.05) is 6.42 Å². The highest BCUT2D eigenvalue weighted by Gasteiger charge is 2.03. The van der Waals surface area contributed by atoms with Gasteiger partial charge in [-0.1, -0.05) is 51.5 Å². The molecule has 3 N–H and O–H groups in total. The van der Waals surface area contributed by atoms with Crippen molar-refractivity contribution in [2.45, 2.75) is 58.3 Å². The van der Waals surface area contributed by atoms with Gasteiger partial charge in [0.2, 0.25) is 5.91 Å². The second-order valence-electron chi connectivity index (χ2n) is 4.87. The highest BCUT2D eigenvalue weighted by molar-refractivity contribution is 5.89. The number of hydrogen-bond acceptors (Lipinski definition) is 3. The Morgan fingerprint density at radius 2 is 1.84 bits per heavy atom. The number of nitrogens with two attached hydrogens (primary N) is 1. The first-order valence-electron chi connectivity index (χ1n) is 7.24. The summed E-state index contributed by atoms with van der Waals surface area (Å²) in [6.45, 7) is 2.22. The number of hydrogen-bond donors (Lipinski definition) is 2. The molecule has 0 aliphatic heterocycles. The third kappa shape index (κ3) is 7.44. The molecule has 0 radical (unpaired) electrons. The van der Waals surface area contributed by atoms with E-state index in [0.717, 1.165) is 12.8 Å². The van der Waals surface area contributed by atoms with Crippen LogP contribution in [0.4, 0.5) is 11.6 Å². The van der Waals surface area contributed by atoms with Crippen LogP contribution in [-0.2, 0) is 4.79 Å². The lowest BCUT2D eigenvalue weighted by molar-refractivity contribution is -0.116. The SMILES string of the molecule is CCCCCCCCCC(=O)Nc1cccc(N)n1. The number of carbonyl (C=O) groups excluding carboxylic acids is 1. The molecule has 0 unspecified atom stereocenters. The van der Waals surface area contributed by atoms with Crippen molar-refractivity contribution in [2.75, 3.05) is 11.1 Å². The van der Waals surface area contributed by atoms with Crippen molar-refractivity contribution in [1.29, 1.82) is 0 Å². The molecule has 1 aromatic heterocycles. The topological polar surface area (TPSA) is 68.0 Å². The zero-order valence-electron chi connectivity index (χ0n) is 11.8. The normalized spacial score (nSPS) is 10.4. The van der Waals surface area contributed by atoms with Gasteiger partial charge < -0.3 is 11.1 Å². The molecular weight excluding hydrogens is 238 g/mol. The molecule has 0 fully saturated rings. The fourth-order valence-electron chi connectivity index (χ4n) is 1.97. The number of unbranched alkanes of at least 4 members (excludes halogenated alkanes) is 6. The van der Waals surface area contributed by atoms with Gasteiger partial charge in [-0.05, 0) is 18.6 Å². The molecule has 1 amide bonds. The molecule has 0 aliphatic carbocycles. The van der Waals surface area contributed by atoms with Crippen molar-refractivity contribution in [2.24, 2.45) is 0 Å². The monoisotopic (exact) mass is 263 g/mol. The van der Waals surface area contributed by atoms with E-state index in [1.54, 1.807) is 18.2 Å². The van der Waals surface area contributed by atoms with Crippen LogP contribution < -0.4 is 11.1 Å². The zero-order valence-corrected chi connectivity index (χ0v) is 11.8. The standard InChI is InChI=1S/C15H25N3O/c1-2-3-4-5-6-7-8-12-15(19)18-14-11-9-10-13(16)17-14/h9-11H,2-8,12H2,1H3,(H3,16,17,18,19). The molecule has 19 heavy (non-hydrogen) atoms. The molecular formula is C15H25N3O. The van der Waals surface area contributed by atoms with Crippen LogP contribution in [0.2, 0.25) is 0 Å². The Morgan fingerprint density at radius 3 is 2.53 bits per heavy atom. The second kappa shape index (κ2) is 9.36. The van der Waals surface area contributed by atoms with Gasteiger partial charge >= 0.3 is 0 Å². The Kier molecular flexibility index (Phi) is 7.63. The predicted octanol–water partition coefficient (Wildman–Crippen LogP) is 3.74. The van der Waals surface area contributed by atoms with Crippen molar-refractivity contribution in [3.05, 3.63) is 18.2 Å². The van der Waals surface area contributed by atoms with Crippen LogP contribution in [0.1, 0.15) is 58.3 Å². The van der Waals surface area contributed by atoms with E-state index in [1.165, 1.54) is 32.1 Å². The van der Waals surface area contributed by atoms with E-state index in [1.807, 2.05) is 0 Å². The number of nitrogens with zero attached hydrogens (tertiary/aromatic N) is 1. The van der Waals surface area contributed by atoms with Crippen LogP contribution in [0.3, 0.4) is 0 Å². The molecule has 0 aliphatic rings. The van der Waals surface area contributed by atoms with Gasteiger partial charge in [0.25, 0.3) is 0 Å². The summed E-state index contributed by atoms with van der Waals surface area (Å²) in [6, 6.07) is 5.23. The smallest absolute Gasteiger partial charge is 0.225 e. The van der Waals surface area contributed by atoms with Gasteiger partial charge in [-0.3, -0.25) is 4.79 Å². The maximum Gasteiger partial charge on any atom is 0.225 e. The zero-order chi connectivity index (χ0) is 13.9. The number of pyridine rings is 1. The van der Waals surface area contributed by atoms with E-state index in [2.05, 4.69) is 17.2 Å². The number of aromatic nitrogens is 1. The van der Waals surface area contributed by atoms with Crippen molar-refractivity contribution in [3.63, 3.8) is 0 Å². The van der Waals surface area contributed by atoms with Crippen molar-refractivity contribution >= 4 is 17.5 Å². The summed E-state index contributed by atoms with van der Waals surface area (Å²) in [4.78, 5) is 15.7. The van der Waals surface area contributed by atoms with Crippen molar-refractivity contribution in [1.82, 2.24) is 4.98 Å². The van der Waals surface area contributed by atoms with Crippen LogP contribution in [0.15, 0.2) is 18.2 Å². The first-order chi connectivity index (χ1) is 9.22. The van der Waals surface area contributed by atoms with Crippen LogP contribution in [-0.4, -0.2) is 10.9 Å². The molecule has 0 saturated heterocycles. The van der Waals surface area contributed by atoms with Gasteiger partial charge in [-0.25, -0.2) is 4.98 Å². The maximum absolute atomic E-state index is 11.7. The summed E-state index contributed by atoms with van der Waals surface area (Å²) in [5.74, 6) is 0.980. The van der Waals surface area contributed by atoms with Crippen molar-refractivity contribution in [3.8, 4) is 0 Å². The Labute approximate surface area is 115 Å². The number of rotatable bonds is 9. The molecule has 1 rings (SSSR count). The first kappa shape index (κ1) is 15.5. The number of nitrogens with one attached hydrogen (secondary N) is 1. The summed E-state index contributed by atoms with van der Waals surface area (Å²) in [6.07, 6.45) is 9.05. The third-order valence-corrected chi connectivity index (χ3v) is 3.05. The Balaban J connectivity index is 2.08. The van der Waals surface area contributed by atoms with Gasteiger partial charge in [0.1, 0.15) is 11.6 Å². The molecule has 0 saturated carbocycles. The quantitative estimate of drug-likeness (QED) is 0.667. The fourth-order valence-corrected chi connectivity index (χ4v) is 1.97. The van der Waals surface area contributed by atoms with E-state index >= 15 is 0 Å². The molecule has 106 valence electrons. The maximum atomic E-state index is 11.7. The fraction of sp³-hybridized carbons (Fsp3) is 0.600. The molecule has 0 bridgehead atoms. The summed E-state index contributed by atoms with van der Waals surface area (Å²) >= 11 is 0.